The Morgan fingerprint density at radius 2 is 1.84 bits per heavy atom. The first kappa shape index (κ1) is 16.2. The summed E-state index contributed by atoms with van der Waals surface area (Å²) in [5, 5.41) is 3.49. The lowest BCUT2D eigenvalue weighted by molar-refractivity contribution is 0.185. The van der Waals surface area contributed by atoms with Crippen LogP contribution in [0.5, 0.6) is 0 Å². The Labute approximate surface area is 119 Å². The Morgan fingerprint density at radius 1 is 1.16 bits per heavy atom. The normalized spacial score (nSPS) is 14.6. The van der Waals surface area contributed by atoms with E-state index in [1.54, 1.807) is 0 Å². The summed E-state index contributed by atoms with van der Waals surface area (Å²) < 4.78 is 0. The third-order valence-electron chi connectivity index (χ3n) is 4.02. The molecule has 1 N–H and O–H groups in total. The molecule has 0 radical (unpaired) electrons. The van der Waals surface area contributed by atoms with Crippen LogP contribution in [0.3, 0.4) is 0 Å². The van der Waals surface area contributed by atoms with Crippen molar-refractivity contribution in [1.82, 2.24) is 10.2 Å². The summed E-state index contributed by atoms with van der Waals surface area (Å²) in [5.41, 5.74) is 1.43. The monoisotopic (exact) mass is 262 g/mol. The zero-order chi connectivity index (χ0) is 14.1. The maximum absolute atomic E-state index is 3.49. The second-order valence-electron chi connectivity index (χ2n) is 5.38. The Balaban J connectivity index is 2.51. The van der Waals surface area contributed by atoms with Gasteiger partial charge in [-0.05, 0) is 38.9 Å². The molecular formula is C17H30N2. The molecule has 108 valence electrons. The van der Waals surface area contributed by atoms with Crippen LogP contribution in [0.15, 0.2) is 30.3 Å². The van der Waals surface area contributed by atoms with Crippen LogP contribution in [0.1, 0.15) is 38.7 Å². The standard InChI is InChI=1S/C17H30N2/c1-5-10-16(18-3)17(6-2)19(4)14-13-15-11-8-7-9-12-15/h7-9,11-12,16-18H,5-6,10,13-14H2,1-4H3. The molecule has 0 aromatic heterocycles. The second kappa shape index (κ2) is 9.11. The van der Waals surface area contributed by atoms with E-state index in [0.717, 1.165) is 13.0 Å². The van der Waals surface area contributed by atoms with Crippen molar-refractivity contribution in [3.8, 4) is 0 Å². The molecule has 2 heteroatoms. The van der Waals surface area contributed by atoms with Crippen molar-refractivity contribution >= 4 is 0 Å². The molecule has 1 aromatic carbocycles. The molecule has 0 spiro atoms. The van der Waals surface area contributed by atoms with Gasteiger partial charge in [-0.1, -0.05) is 50.6 Å². The van der Waals surface area contributed by atoms with Crippen molar-refractivity contribution in [3.05, 3.63) is 35.9 Å². The Hall–Kier alpha value is -0.860. The lowest BCUT2D eigenvalue weighted by Gasteiger charge is -2.34. The van der Waals surface area contributed by atoms with Gasteiger partial charge in [0.1, 0.15) is 0 Å². The minimum absolute atomic E-state index is 0.607. The fourth-order valence-corrected chi connectivity index (χ4v) is 2.86. The van der Waals surface area contributed by atoms with Crippen LogP contribution in [0.25, 0.3) is 0 Å². The first-order valence-electron chi connectivity index (χ1n) is 7.64. The van der Waals surface area contributed by atoms with Crippen molar-refractivity contribution in [1.29, 1.82) is 0 Å². The second-order valence-corrected chi connectivity index (χ2v) is 5.38. The molecule has 0 heterocycles. The number of nitrogens with zero attached hydrogens (tertiary/aromatic N) is 1. The van der Waals surface area contributed by atoms with Gasteiger partial charge in [0, 0.05) is 18.6 Å². The van der Waals surface area contributed by atoms with E-state index in [4.69, 9.17) is 0 Å². The first-order valence-corrected chi connectivity index (χ1v) is 7.64. The molecule has 2 unspecified atom stereocenters. The molecule has 0 bridgehead atoms. The highest BCUT2D eigenvalue weighted by atomic mass is 15.2. The molecule has 0 aliphatic rings. The molecule has 0 amide bonds. The van der Waals surface area contributed by atoms with Crippen LogP contribution in [0.2, 0.25) is 0 Å². The van der Waals surface area contributed by atoms with Gasteiger partial charge >= 0.3 is 0 Å². The maximum atomic E-state index is 3.49. The van der Waals surface area contributed by atoms with Gasteiger partial charge in [-0.3, -0.25) is 0 Å². The predicted molar refractivity (Wildman–Crippen MR) is 84.6 cm³/mol. The van der Waals surface area contributed by atoms with Crippen molar-refractivity contribution < 1.29 is 0 Å². The zero-order valence-electron chi connectivity index (χ0n) is 13.0. The fourth-order valence-electron chi connectivity index (χ4n) is 2.86. The third-order valence-corrected chi connectivity index (χ3v) is 4.02. The molecule has 0 saturated heterocycles. The summed E-state index contributed by atoms with van der Waals surface area (Å²) in [4.78, 5) is 2.52. The molecule has 0 aliphatic carbocycles. The quantitative estimate of drug-likeness (QED) is 0.734. The third kappa shape index (κ3) is 5.33. The molecule has 1 aromatic rings. The van der Waals surface area contributed by atoms with Crippen LogP contribution in [-0.2, 0) is 6.42 Å². The summed E-state index contributed by atoms with van der Waals surface area (Å²) in [7, 11) is 4.35. The summed E-state index contributed by atoms with van der Waals surface area (Å²) in [6, 6.07) is 12.0. The minimum Gasteiger partial charge on any atom is -0.315 e. The van der Waals surface area contributed by atoms with E-state index in [0.29, 0.717) is 12.1 Å². The lowest BCUT2D eigenvalue weighted by Crippen LogP contribution is -2.47. The summed E-state index contributed by atoms with van der Waals surface area (Å²) in [5.74, 6) is 0. The van der Waals surface area contributed by atoms with E-state index < -0.39 is 0 Å². The SMILES string of the molecule is CCCC(NC)C(CC)N(C)CCc1ccccc1. The molecule has 2 nitrogen and oxygen atoms in total. The maximum Gasteiger partial charge on any atom is 0.0243 e. The fraction of sp³-hybridized carbons (Fsp3) is 0.647. The van der Waals surface area contributed by atoms with Crippen molar-refractivity contribution in [2.24, 2.45) is 0 Å². The smallest absolute Gasteiger partial charge is 0.0243 e. The molecule has 0 saturated carbocycles. The number of rotatable bonds is 9. The summed E-state index contributed by atoms with van der Waals surface area (Å²) in [6.45, 7) is 5.69. The topological polar surface area (TPSA) is 15.3 Å². The van der Waals surface area contributed by atoms with Crippen LogP contribution in [-0.4, -0.2) is 37.6 Å². The number of hydrogen-bond acceptors (Lipinski definition) is 2. The van der Waals surface area contributed by atoms with Gasteiger partial charge in [0.2, 0.25) is 0 Å². The van der Waals surface area contributed by atoms with Crippen LogP contribution >= 0.6 is 0 Å². The van der Waals surface area contributed by atoms with Gasteiger partial charge in [-0.15, -0.1) is 0 Å². The van der Waals surface area contributed by atoms with Crippen LogP contribution in [0, 0.1) is 0 Å². The lowest BCUT2D eigenvalue weighted by atomic mass is 9.99. The Morgan fingerprint density at radius 3 is 2.37 bits per heavy atom. The first-order chi connectivity index (χ1) is 9.22. The van der Waals surface area contributed by atoms with E-state index in [1.807, 2.05) is 0 Å². The minimum atomic E-state index is 0.607. The van der Waals surface area contributed by atoms with Crippen LogP contribution < -0.4 is 5.32 Å². The van der Waals surface area contributed by atoms with E-state index >= 15 is 0 Å². The average Bonchev–Trinajstić information content (AvgIpc) is 2.46. The number of likely N-dealkylation sites (N-methyl/N-ethyl adjacent to an activating group) is 2. The van der Waals surface area contributed by atoms with Crippen molar-refractivity contribution in [3.63, 3.8) is 0 Å². The highest BCUT2D eigenvalue weighted by Crippen LogP contribution is 2.13. The molecule has 19 heavy (non-hydrogen) atoms. The summed E-state index contributed by atoms with van der Waals surface area (Å²) in [6.07, 6.45) is 4.84. The molecular weight excluding hydrogens is 232 g/mol. The predicted octanol–water partition coefficient (Wildman–Crippen LogP) is 3.33. The van der Waals surface area contributed by atoms with E-state index in [2.05, 4.69) is 68.5 Å². The summed E-state index contributed by atoms with van der Waals surface area (Å²) >= 11 is 0. The molecule has 0 aliphatic heterocycles. The largest absolute Gasteiger partial charge is 0.315 e. The zero-order valence-corrected chi connectivity index (χ0v) is 13.0. The van der Waals surface area contributed by atoms with Gasteiger partial charge in [-0.2, -0.15) is 0 Å². The van der Waals surface area contributed by atoms with E-state index in [-0.39, 0.29) is 0 Å². The Kier molecular flexibility index (Phi) is 7.76. The molecule has 2 atom stereocenters. The van der Waals surface area contributed by atoms with Gasteiger partial charge in [0.15, 0.2) is 0 Å². The van der Waals surface area contributed by atoms with Gasteiger partial charge in [0.25, 0.3) is 0 Å². The number of benzene rings is 1. The van der Waals surface area contributed by atoms with Gasteiger partial charge in [-0.25, -0.2) is 0 Å². The number of hydrogen-bond donors (Lipinski definition) is 1. The van der Waals surface area contributed by atoms with Gasteiger partial charge in [0.05, 0.1) is 0 Å². The average molecular weight is 262 g/mol. The van der Waals surface area contributed by atoms with Crippen molar-refractivity contribution in [2.45, 2.75) is 51.6 Å². The Bertz CT molecular complexity index is 323. The molecule has 0 fully saturated rings. The highest BCUT2D eigenvalue weighted by molar-refractivity contribution is 5.14. The van der Waals surface area contributed by atoms with E-state index in [1.165, 1.54) is 24.8 Å². The number of nitrogens with one attached hydrogen (secondary N) is 1. The highest BCUT2D eigenvalue weighted by Gasteiger charge is 2.21. The van der Waals surface area contributed by atoms with Crippen LogP contribution in [0.4, 0.5) is 0 Å². The van der Waals surface area contributed by atoms with E-state index in [9.17, 15) is 0 Å². The van der Waals surface area contributed by atoms with Crippen molar-refractivity contribution in [2.75, 3.05) is 20.6 Å². The molecule has 1 rings (SSSR count). The van der Waals surface area contributed by atoms with Gasteiger partial charge < -0.3 is 10.2 Å².